The molecular weight excluding hydrogens is 150 g/mol. The highest BCUT2D eigenvalue weighted by atomic mass is 15.3. The molecule has 1 aliphatic rings. The van der Waals surface area contributed by atoms with Gasteiger partial charge in [-0.25, -0.2) is 0 Å². The summed E-state index contributed by atoms with van der Waals surface area (Å²) in [6, 6.07) is 4.29. The van der Waals surface area contributed by atoms with Crippen LogP contribution in [0.3, 0.4) is 0 Å². The number of rotatable bonds is 2. The van der Waals surface area contributed by atoms with E-state index in [-0.39, 0.29) is 5.41 Å². The van der Waals surface area contributed by atoms with Crippen molar-refractivity contribution >= 4 is 0 Å². The molecule has 62 valence electrons. The highest BCUT2D eigenvalue weighted by molar-refractivity contribution is 5.32. The molecule has 12 heavy (non-hydrogen) atoms. The zero-order valence-corrected chi connectivity index (χ0v) is 7.12. The van der Waals surface area contributed by atoms with E-state index < -0.39 is 0 Å². The van der Waals surface area contributed by atoms with Gasteiger partial charge in [-0.05, 0) is 25.8 Å². The molecule has 0 atom stereocenters. The zero-order chi connectivity index (χ0) is 8.60. The maximum absolute atomic E-state index is 8.89. The number of hydrogen-bond donors (Lipinski definition) is 0. The molecule has 0 bridgehead atoms. The van der Waals surface area contributed by atoms with Gasteiger partial charge in [0.2, 0.25) is 0 Å². The van der Waals surface area contributed by atoms with E-state index in [2.05, 4.69) is 11.2 Å². The van der Waals surface area contributed by atoms with Crippen molar-refractivity contribution in [3.05, 3.63) is 18.0 Å². The third-order valence-electron chi connectivity index (χ3n) is 2.42. The summed E-state index contributed by atoms with van der Waals surface area (Å²) in [5.41, 5.74) is 0.729. The lowest BCUT2D eigenvalue weighted by Crippen LogP contribution is -2.05. The Morgan fingerprint density at radius 3 is 2.92 bits per heavy atom. The summed E-state index contributed by atoms with van der Waals surface area (Å²) in [7, 11) is 0. The van der Waals surface area contributed by atoms with Crippen LogP contribution in [-0.2, 0) is 12.0 Å². The standard InChI is InChI=1S/C9H11N3/c1-2-12-6-3-8(11-12)9(7-10)4-5-9/h3,6H,2,4-5H2,1H3. The SMILES string of the molecule is CCn1ccc(C2(C#N)CC2)n1. The van der Waals surface area contributed by atoms with Crippen LogP contribution in [0.25, 0.3) is 0 Å². The van der Waals surface area contributed by atoms with Gasteiger partial charge in [-0.1, -0.05) is 0 Å². The van der Waals surface area contributed by atoms with Gasteiger partial charge in [-0.2, -0.15) is 10.4 Å². The second-order valence-corrected chi connectivity index (χ2v) is 3.25. The zero-order valence-electron chi connectivity index (χ0n) is 7.12. The molecule has 1 aromatic heterocycles. The summed E-state index contributed by atoms with van der Waals surface area (Å²) >= 11 is 0. The molecule has 1 saturated carbocycles. The Bertz CT molecular complexity index is 328. The lowest BCUT2D eigenvalue weighted by atomic mass is 10.1. The molecule has 1 heterocycles. The minimum absolute atomic E-state index is 0.222. The summed E-state index contributed by atoms with van der Waals surface area (Å²) < 4.78 is 1.87. The molecule has 0 unspecified atom stereocenters. The Kier molecular flexibility index (Phi) is 1.44. The first-order valence-electron chi connectivity index (χ1n) is 4.26. The van der Waals surface area contributed by atoms with Crippen molar-refractivity contribution < 1.29 is 0 Å². The Balaban J connectivity index is 2.30. The fourth-order valence-electron chi connectivity index (χ4n) is 1.34. The molecule has 0 amide bonds. The van der Waals surface area contributed by atoms with Crippen molar-refractivity contribution in [3.8, 4) is 6.07 Å². The lowest BCUT2D eigenvalue weighted by molar-refractivity contribution is 0.637. The molecule has 2 rings (SSSR count). The van der Waals surface area contributed by atoms with Crippen molar-refractivity contribution in [2.45, 2.75) is 31.7 Å². The number of nitriles is 1. The van der Waals surface area contributed by atoms with Gasteiger partial charge in [0, 0.05) is 12.7 Å². The van der Waals surface area contributed by atoms with Gasteiger partial charge in [0.15, 0.2) is 0 Å². The largest absolute Gasteiger partial charge is 0.273 e. The van der Waals surface area contributed by atoms with Crippen molar-refractivity contribution in [1.29, 1.82) is 5.26 Å². The van der Waals surface area contributed by atoms with Crippen LogP contribution >= 0.6 is 0 Å². The van der Waals surface area contributed by atoms with Crippen molar-refractivity contribution in [2.24, 2.45) is 0 Å². The number of hydrogen-bond acceptors (Lipinski definition) is 2. The van der Waals surface area contributed by atoms with Crippen LogP contribution in [0.15, 0.2) is 12.3 Å². The summed E-state index contributed by atoms with van der Waals surface area (Å²) in [6.45, 7) is 2.92. The summed E-state index contributed by atoms with van der Waals surface area (Å²) in [6.07, 6.45) is 3.89. The minimum Gasteiger partial charge on any atom is -0.273 e. The van der Waals surface area contributed by atoms with Crippen LogP contribution in [0.5, 0.6) is 0 Å². The Hall–Kier alpha value is -1.30. The van der Waals surface area contributed by atoms with E-state index in [4.69, 9.17) is 5.26 Å². The van der Waals surface area contributed by atoms with Gasteiger partial charge in [-0.15, -0.1) is 0 Å². The number of aryl methyl sites for hydroxylation is 1. The van der Waals surface area contributed by atoms with E-state index in [0.717, 1.165) is 25.1 Å². The first kappa shape index (κ1) is 7.35. The molecule has 0 spiro atoms. The lowest BCUT2D eigenvalue weighted by Gasteiger charge is -1.98. The van der Waals surface area contributed by atoms with Crippen LogP contribution in [-0.4, -0.2) is 9.78 Å². The quantitative estimate of drug-likeness (QED) is 0.658. The van der Waals surface area contributed by atoms with Crippen molar-refractivity contribution in [2.75, 3.05) is 0 Å². The number of nitrogens with zero attached hydrogens (tertiary/aromatic N) is 3. The van der Waals surface area contributed by atoms with Gasteiger partial charge in [0.05, 0.1) is 11.8 Å². The molecule has 1 aliphatic carbocycles. The first-order valence-corrected chi connectivity index (χ1v) is 4.26. The van der Waals surface area contributed by atoms with E-state index in [1.807, 2.05) is 23.9 Å². The Morgan fingerprint density at radius 1 is 1.75 bits per heavy atom. The average Bonchev–Trinajstić information content (AvgIpc) is 2.77. The van der Waals surface area contributed by atoms with Crippen molar-refractivity contribution in [3.63, 3.8) is 0 Å². The van der Waals surface area contributed by atoms with Crippen LogP contribution in [0.2, 0.25) is 0 Å². The molecule has 1 aromatic rings. The predicted molar refractivity (Wildman–Crippen MR) is 44.4 cm³/mol. The Labute approximate surface area is 71.6 Å². The van der Waals surface area contributed by atoms with Crippen LogP contribution < -0.4 is 0 Å². The molecule has 0 aromatic carbocycles. The maximum Gasteiger partial charge on any atom is 0.101 e. The third kappa shape index (κ3) is 0.918. The highest BCUT2D eigenvalue weighted by Crippen LogP contribution is 2.46. The molecule has 0 saturated heterocycles. The van der Waals surface area contributed by atoms with E-state index in [1.54, 1.807) is 0 Å². The van der Waals surface area contributed by atoms with Gasteiger partial charge < -0.3 is 0 Å². The molecule has 3 heteroatoms. The Morgan fingerprint density at radius 2 is 2.50 bits per heavy atom. The van der Waals surface area contributed by atoms with Gasteiger partial charge in [-0.3, -0.25) is 4.68 Å². The normalized spacial score (nSPS) is 18.7. The average molecular weight is 161 g/mol. The van der Waals surface area contributed by atoms with Crippen LogP contribution in [0.4, 0.5) is 0 Å². The second kappa shape index (κ2) is 2.34. The van der Waals surface area contributed by atoms with Crippen LogP contribution in [0.1, 0.15) is 25.5 Å². The van der Waals surface area contributed by atoms with Gasteiger partial charge in [0.25, 0.3) is 0 Å². The molecule has 0 aliphatic heterocycles. The summed E-state index contributed by atoms with van der Waals surface area (Å²) in [5.74, 6) is 0. The fraction of sp³-hybridized carbons (Fsp3) is 0.556. The molecule has 0 radical (unpaired) electrons. The van der Waals surface area contributed by atoms with E-state index in [9.17, 15) is 0 Å². The molecular formula is C9H11N3. The van der Waals surface area contributed by atoms with E-state index in [0.29, 0.717) is 0 Å². The van der Waals surface area contributed by atoms with E-state index >= 15 is 0 Å². The molecule has 3 nitrogen and oxygen atoms in total. The van der Waals surface area contributed by atoms with E-state index in [1.165, 1.54) is 0 Å². The van der Waals surface area contributed by atoms with Gasteiger partial charge in [0.1, 0.15) is 5.41 Å². The fourth-order valence-corrected chi connectivity index (χ4v) is 1.34. The smallest absolute Gasteiger partial charge is 0.101 e. The second-order valence-electron chi connectivity index (χ2n) is 3.25. The predicted octanol–water partition coefficient (Wildman–Crippen LogP) is 1.46. The molecule has 1 fully saturated rings. The van der Waals surface area contributed by atoms with Crippen LogP contribution in [0, 0.1) is 11.3 Å². The summed E-state index contributed by atoms with van der Waals surface area (Å²) in [5, 5.41) is 13.2. The third-order valence-corrected chi connectivity index (χ3v) is 2.42. The maximum atomic E-state index is 8.89. The molecule has 0 N–H and O–H groups in total. The van der Waals surface area contributed by atoms with Crippen molar-refractivity contribution in [1.82, 2.24) is 9.78 Å². The minimum atomic E-state index is -0.222. The number of aromatic nitrogens is 2. The van der Waals surface area contributed by atoms with Gasteiger partial charge >= 0.3 is 0 Å². The topological polar surface area (TPSA) is 41.6 Å². The monoisotopic (exact) mass is 161 g/mol. The summed E-state index contributed by atoms with van der Waals surface area (Å²) in [4.78, 5) is 0. The highest BCUT2D eigenvalue weighted by Gasteiger charge is 2.46. The first-order chi connectivity index (χ1) is 5.80.